The molecule has 1 aromatic carbocycles. The minimum atomic E-state index is 0.119. The Bertz CT molecular complexity index is 600. The molecule has 25 heavy (non-hydrogen) atoms. The second kappa shape index (κ2) is 9.46. The molecule has 0 aliphatic rings. The normalized spacial score (nSPS) is 12.6. The highest BCUT2D eigenvalue weighted by Crippen LogP contribution is 2.40. The summed E-state index contributed by atoms with van der Waals surface area (Å²) in [5.41, 5.74) is 8.55. The smallest absolute Gasteiger partial charge is 0.125 e. The highest BCUT2D eigenvalue weighted by molar-refractivity contribution is 5.57. The molecule has 0 N–H and O–H groups in total. The summed E-state index contributed by atoms with van der Waals surface area (Å²) in [5, 5.41) is 0. The van der Waals surface area contributed by atoms with Gasteiger partial charge in [-0.2, -0.15) is 0 Å². The molecule has 0 bridgehead atoms. The van der Waals surface area contributed by atoms with Gasteiger partial charge < -0.3 is 4.74 Å². The van der Waals surface area contributed by atoms with Gasteiger partial charge >= 0.3 is 0 Å². The van der Waals surface area contributed by atoms with Crippen LogP contribution in [0.25, 0.3) is 0 Å². The van der Waals surface area contributed by atoms with Crippen LogP contribution in [0.5, 0.6) is 5.75 Å². The van der Waals surface area contributed by atoms with Gasteiger partial charge in [-0.3, -0.25) is 0 Å². The van der Waals surface area contributed by atoms with Crippen molar-refractivity contribution in [2.24, 2.45) is 0 Å². The monoisotopic (exact) mass is 344 g/mol. The highest BCUT2D eigenvalue weighted by atomic mass is 16.5. The maximum Gasteiger partial charge on any atom is 0.125 e. The zero-order valence-electron chi connectivity index (χ0n) is 18.2. The number of allylic oxidation sites excluding steroid dienone is 2. The Balaban J connectivity index is 3.20. The first-order valence-electron chi connectivity index (χ1n) is 9.97. The third-order valence-electron chi connectivity index (χ3n) is 5.45. The van der Waals surface area contributed by atoms with Crippen LogP contribution in [0.15, 0.2) is 11.6 Å². The lowest BCUT2D eigenvalue weighted by Crippen LogP contribution is -2.19. The largest absolute Gasteiger partial charge is 0.496 e. The molecule has 1 aromatic rings. The third-order valence-corrected chi connectivity index (χ3v) is 5.45. The summed E-state index contributed by atoms with van der Waals surface area (Å²) in [6.45, 7) is 18.2. The van der Waals surface area contributed by atoms with Crippen LogP contribution >= 0.6 is 0 Å². The van der Waals surface area contributed by atoms with E-state index < -0.39 is 0 Å². The maximum atomic E-state index is 5.86. The van der Waals surface area contributed by atoms with Gasteiger partial charge in [-0.15, -0.1) is 0 Å². The van der Waals surface area contributed by atoms with Gasteiger partial charge in [0.1, 0.15) is 5.75 Å². The summed E-state index contributed by atoms with van der Waals surface area (Å²) in [5.74, 6) is 1.09. The molecule has 0 atom stereocenters. The SMILES string of the molecule is CCCCCC/C(C)=C/Cc1c(OC)c(C)c(C)c(C)c1C(C)(C)C. The Hall–Kier alpha value is -1.24. The molecule has 0 saturated heterocycles. The van der Waals surface area contributed by atoms with Crippen molar-refractivity contribution in [1.29, 1.82) is 0 Å². The van der Waals surface area contributed by atoms with Crippen molar-refractivity contribution in [3.63, 3.8) is 0 Å². The second-order valence-electron chi connectivity index (χ2n) is 8.58. The number of methoxy groups -OCH3 is 1. The Kier molecular flexibility index (Phi) is 8.25. The van der Waals surface area contributed by atoms with E-state index >= 15 is 0 Å². The Morgan fingerprint density at radius 2 is 1.60 bits per heavy atom. The zero-order valence-corrected chi connectivity index (χ0v) is 18.2. The van der Waals surface area contributed by atoms with E-state index in [9.17, 15) is 0 Å². The van der Waals surface area contributed by atoms with Gasteiger partial charge in [0.05, 0.1) is 7.11 Å². The first-order valence-corrected chi connectivity index (χ1v) is 9.97. The Labute approximate surface area is 156 Å². The summed E-state index contributed by atoms with van der Waals surface area (Å²) in [6.07, 6.45) is 9.93. The third kappa shape index (κ3) is 5.62. The lowest BCUT2D eigenvalue weighted by atomic mass is 9.77. The number of hydrogen-bond donors (Lipinski definition) is 0. The fraction of sp³-hybridized carbons (Fsp3) is 0.667. The van der Waals surface area contributed by atoms with Crippen LogP contribution in [-0.4, -0.2) is 7.11 Å². The fourth-order valence-corrected chi connectivity index (χ4v) is 3.90. The van der Waals surface area contributed by atoms with Crippen molar-refractivity contribution in [2.75, 3.05) is 7.11 Å². The van der Waals surface area contributed by atoms with E-state index in [1.54, 1.807) is 0 Å². The average Bonchev–Trinajstić information content (AvgIpc) is 2.53. The average molecular weight is 345 g/mol. The van der Waals surface area contributed by atoms with E-state index in [0.717, 1.165) is 12.2 Å². The van der Waals surface area contributed by atoms with Gasteiger partial charge in [0, 0.05) is 5.56 Å². The summed E-state index contributed by atoms with van der Waals surface area (Å²) in [6, 6.07) is 0. The molecule has 0 radical (unpaired) electrons. The van der Waals surface area contributed by atoms with E-state index in [4.69, 9.17) is 4.74 Å². The fourth-order valence-electron chi connectivity index (χ4n) is 3.90. The van der Waals surface area contributed by atoms with Crippen LogP contribution in [0.3, 0.4) is 0 Å². The number of benzene rings is 1. The molecule has 0 aliphatic carbocycles. The maximum absolute atomic E-state index is 5.86. The molecule has 0 saturated carbocycles. The summed E-state index contributed by atoms with van der Waals surface area (Å²) in [4.78, 5) is 0. The van der Waals surface area contributed by atoms with E-state index in [1.807, 2.05) is 7.11 Å². The van der Waals surface area contributed by atoms with E-state index in [-0.39, 0.29) is 5.41 Å². The topological polar surface area (TPSA) is 9.23 Å². The summed E-state index contributed by atoms with van der Waals surface area (Å²) < 4.78 is 5.86. The highest BCUT2D eigenvalue weighted by Gasteiger charge is 2.25. The Morgan fingerprint density at radius 3 is 2.12 bits per heavy atom. The van der Waals surface area contributed by atoms with Crippen molar-refractivity contribution >= 4 is 0 Å². The molecule has 0 amide bonds. The van der Waals surface area contributed by atoms with Gasteiger partial charge in [0.15, 0.2) is 0 Å². The first-order chi connectivity index (χ1) is 11.6. The molecule has 0 aliphatic heterocycles. The van der Waals surface area contributed by atoms with Crippen LogP contribution < -0.4 is 4.74 Å². The standard InChI is InChI=1S/C24H40O/c1-10-11-12-13-14-17(2)15-16-21-22(24(6,7)8)19(4)18(3)20(5)23(21)25-9/h15H,10-14,16H2,1-9H3/b17-15+. The minimum absolute atomic E-state index is 0.119. The molecule has 0 spiro atoms. The van der Waals surface area contributed by atoms with E-state index in [0.29, 0.717) is 0 Å². The number of unbranched alkanes of at least 4 members (excludes halogenated alkanes) is 3. The molecule has 0 fully saturated rings. The molecule has 142 valence electrons. The van der Waals surface area contributed by atoms with Crippen molar-refractivity contribution in [2.45, 2.75) is 99.3 Å². The Morgan fingerprint density at radius 1 is 0.960 bits per heavy atom. The predicted octanol–water partition coefficient (Wildman–Crippen LogP) is 7.38. The van der Waals surface area contributed by atoms with Crippen molar-refractivity contribution in [3.8, 4) is 5.75 Å². The van der Waals surface area contributed by atoms with Gasteiger partial charge in [-0.05, 0) is 74.6 Å². The van der Waals surface area contributed by atoms with Crippen molar-refractivity contribution < 1.29 is 4.74 Å². The first kappa shape index (κ1) is 21.8. The van der Waals surface area contributed by atoms with Gasteiger partial charge in [0.2, 0.25) is 0 Å². The van der Waals surface area contributed by atoms with Crippen LogP contribution in [0.4, 0.5) is 0 Å². The molecule has 1 nitrogen and oxygen atoms in total. The molecule has 0 aromatic heterocycles. The van der Waals surface area contributed by atoms with Gasteiger partial charge in [-0.25, -0.2) is 0 Å². The molecule has 0 heterocycles. The zero-order chi connectivity index (χ0) is 19.2. The minimum Gasteiger partial charge on any atom is -0.496 e. The van der Waals surface area contributed by atoms with E-state index in [1.165, 1.54) is 65.5 Å². The quantitative estimate of drug-likeness (QED) is 0.353. The molecule has 0 unspecified atom stereocenters. The molecular weight excluding hydrogens is 304 g/mol. The van der Waals surface area contributed by atoms with Gasteiger partial charge in [0.25, 0.3) is 0 Å². The van der Waals surface area contributed by atoms with Crippen molar-refractivity contribution in [3.05, 3.63) is 39.5 Å². The molecule has 1 heteroatoms. The number of hydrogen-bond acceptors (Lipinski definition) is 1. The van der Waals surface area contributed by atoms with Crippen LogP contribution in [0.2, 0.25) is 0 Å². The lowest BCUT2D eigenvalue weighted by molar-refractivity contribution is 0.403. The lowest BCUT2D eigenvalue weighted by Gasteiger charge is -2.29. The summed E-state index contributed by atoms with van der Waals surface area (Å²) in [7, 11) is 1.81. The molecule has 1 rings (SSSR count). The van der Waals surface area contributed by atoms with Gasteiger partial charge in [-0.1, -0.05) is 58.6 Å². The van der Waals surface area contributed by atoms with Crippen LogP contribution in [0, 0.1) is 20.8 Å². The number of ether oxygens (including phenoxy) is 1. The van der Waals surface area contributed by atoms with Crippen LogP contribution in [-0.2, 0) is 11.8 Å². The number of rotatable bonds is 8. The summed E-state index contributed by atoms with van der Waals surface area (Å²) >= 11 is 0. The van der Waals surface area contributed by atoms with Crippen molar-refractivity contribution in [1.82, 2.24) is 0 Å². The van der Waals surface area contributed by atoms with Crippen LogP contribution in [0.1, 0.15) is 94.5 Å². The second-order valence-corrected chi connectivity index (χ2v) is 8.58. The van der Waals surface area contributed by atoms with E-state index in [2.05, 4.69) is 61.5 Å². The molecular formula is C24H40O. The predicted molar refractivity (Wildman–Crippen MR) is 112 cm³/mol.